The number of hydrogen-bond donors (Lipinski definition) is 2. The van der Waals surface area contributed by atoms with Crippen LogP contribution >= 0.6 is 17.0 Å². The number of nitrogens with zero attached hydrogens (tertiary/aromatic N) is 1. The van der Waals surface area contributed by atoms with E-state index in [1.54, 1.807) is 0 Å². The highest BCUT2D eigenvalue weighted by molar-refractivity contribution is 8.93. The van der Waals surface area contributed by atoms with E-state index in [1.165, 1.54) is 0 Å². The molecule has 0 amide bonds. The summed E-state index contributed by atoms with van der Waals surface area (Å²) in [4.78, 5) is 2.26. The van der Waals surface area contributed by atoms with Gasteiger partial charge in [0.15, 0.2) is 0 Å². The van der Waals surface area contributed by atoms with Gasteiger partial charge >= 0.3 is 0 Å². The van der Waals surface area contributed by atoms with Gasteiger partial charge < -0.3 is 10.4 Å². The second-order valence-electron chi connectivity index (χ2n) is 2.32. The third-order valence-corrected chi connectivity index (χ3v) is 1.63. The van der Waals surface area contributed by atoms with Crippen LogP contribution in [0.2, 0.25) is 0 Å². The number of aliphatic hydroxyl groups excluding tert-OH is 1. The summed E-state index contributed by atoms with van der Waals surface area (Å²) >= 11 is 0. The average molecular weight is 211 g/mol. The minimum Gasteiger partial charge on any atom is -0.395 e. The van der Waals surface area contributed by atoms with Crippen LogP contribution < -0.4 is 5.32 Å². The maximum absolute atomic E-state index is 8.56. The van der Waals surface area contributed by atoms with Crippen LogP contribution in [0.3, 0.4) is 0 Å². The van der Waals surface area contributed by atoms with Crippen LogP contribution in [-0.2, 0) is 0 Å². The van der Waals surface area contributed by atoms with Gasteiger partial charge in [0.05, 0.1) is 6.61 Å². The Morgan fingerprint density at radius 3 is 2.40 bits per heavy atom. The maximum atomic E-state index is 8.56. The molecule has 0 spiro atoms. The molecule has 0 aromatic carbocycles. The molecule has 62 valence electrons. The van der Waals surface area contributed by atoms with Gasteiger partial charge in [0.1, 0.15) is 0 Å². The van der Waals surface area contributed by atoms with Crippen molar-refractivity contribution in [3.63, 3.8) is 0 Å². The van der Waals surface area contributed by atoms with Crippen molar-refractivity contribution in [3.8, 4) is 0 Å². The molecule has 10 heavy (non-hydrogen) atoms. The summed E-state index contributed by atoms with van der Waals surface area (Å²) in [6.45, 7) is 5.43. The van der Waals surface area contributed by atoms with Gasteiger partial charge in [0, 0.05) is 32.7 Å². The molecule has 1 aliphatic heterocycles. The van der Waals surface area contributed by atoms with E-state index in [1.807, 2.05) is 0 Å². The topological polar surface area (TPSA) is 35.5 Å². The molecule has 0 aromatic rings. The van der Waals surface area contributed by atoms with Crippen molar-refractivity contribution in [1.29, 1.82) is 0 Å². The average Bonchev–Trinajstić information content (AvgIpc) is 1.91. The van der Waals surface area contributed by atoms with E-state index in [0.717, 1.165) is 32.7 Å². The highest BCUT2D eigenvalue weighted by Crippen LogP contribution is 1.88. The van der Waals surface area contributed by atoms with E-state index < -0.39 is 0 Å². The standard InChI is InChI=1S/C6H14N2O.BrH/c9-6-5-8-3-1-7-2-4-8;/h7,9H,1-6H2;1H. The molecule has 1 heterocycles. The van der Waals surface area contributed by atoms with Gasteiger partial charge in [0.2, 0.25) is 0 Å². The monoisotopic (exact) mass is 210 g/mol. The van der Waals surface area contributed by atoms with Crippen molar-refractivity contribution in [1.82, 2.24) is 10.2 Å². The summed E-state index contributed by atoms with van der Waals surface area (Å²) in [6.07, 6.45) is 0. The lowest BCUT2D eigenvalue weighted by Crippen LogP contribution is -2.44. The zero-order valence-electron chi connectivity index (χ0n) is 6.05. The van der Waals surface area contributed by atoms with E-state index in [4.69, 9.17) is 5.11 Å². The van der Waals surface area contributed by atoms with Gasteiger partial charge in [-0.1, -0.05) is 0 Å². The van der Waals surface area contributed by atoms with Gasteiger partial charge in [-0.25, -0.2) is 0 Å². The largest absolute Gasteiger partial charge is 0.395 e. The first-order valence-corrected chi connectivity index (χ1v) is 3.47. The Balaban J connectivity index is 0.000000810. The second kappa shape index (κ2) is 6.09. The third kappa shape index (κ3) is 3.51. The van der Waals surface area contributed by atoms with E-state index in [2.05, 4.69) is 10.2 Å². The number of piperazine rings is 1. The molecular formula is C6H15BrN2O. The van der Waals surface area contributed by atoms with Gasteiger partial charge in [-0.15, -0.1) is 17.0 Å². The van der Waals surface area contributed by atoms with E-state index in [-0.39, 0.29) is 17.0 Å². The molecule has 1 aliphatic rings. The minimum absolute atomic E-state index is 0. The van der Waals surface area contributed by atoms with Crippen LogP contribution in [0.5, 0.6) is 0 Å². The summed E-state index contributed by atoms with van der Waals surface area (Å²) in [5, 5.41) is 11.8. The van der Waals surface area contributed by atoms with E-state index in [0.29, 0.717) is 6.61 Å². The first-order chi connectivity index (χ1) is 4.43. The predicted molar refractivity (Wildman–Crippen MR) is 46.7 cm³/mol. The molecule has 0 aromatic heterocycles. The van der Waals surface area contributed by atoms with Crippen molar-refractivity contribution in [3.05, 3.63) is 0 Å². The summed E-state index contributed by atoms with van der Waals surface area (Å²) in [7, 11) is 0. The van der Waals surface area contributed by atoms with Gasteiger partial charge in [-0.2, -0.15) is 0 Å². The Morgan fingerprint density at radius 1 is 1.30 bits per heavy atom. The summed E-state index contributed by atoms with van der Waals surface area (Å²) in [5.41, 5.74) is 0. The quantitative estimate of drug-likeness (QED) is 0.644. The van der Waals surface area contributed by atoms with Crippen molar-refractivity contribution in [2.24, 2.45) is 0 Å². The molecule has 1 fully saturated rings. The van der Waals surface area contributed by atoms with Crippen molar-refractivity contribution < 1.29 is 5.11 Å². The molecule has 0 unspecified atom stereocenters. The first kappa shape index (κ1) is 10.4. The molecule has 1 saturated heterocycles. The van der Waals surface area contributed by atoms with Gasteiger partial charge in [0.25, 0.3) is 0 Å². The fourth-order valence-corrected chi connectivity index (χ4v) is 1.08. The molecule has 4 heteroatoms. The molecule has 0 saturated carbocycles. The lowest BCUT2D eigenvalue weighted by Gasteiger charge is -2.25. The van der Waals surface area contributed by atoms with Crippen LogP contribution in [0.25, 0.3) is 0 Å². The van der Waals surface area contributed by atoms with Crippen molar-refractivity contribution >= 4 is 17.0 Å². The Labute approximate surface area is 72.2 Å². The molecule has 0 bridgehead atoms. The minimum atomic E-state index is 0. The molecule has 0 aliphatic carbocycles. The second-order valence-corrected chi connectivity index (χ2v) is 2.32. The number of hydrogen-bond acceptors (Lipinski definition) is 3. The highest BCUT2D eigenvalue weighted by atomic mass is 79.9. The first-order valence-electron chi connectivity index (χ1n) is 3.47. The van der Waals surface area contributed by atoms with Crippen molar-refractivity contribution in [2.75, 3.05) is 39.3 Å². The van der Waals surface area contributed by atoms with Crippen molar-refractivity contribution in [2.45, 2.75) is 0 Å². The fourth-order valence-electron chi connectivity index (χ4n) is 1.08. The number of aliphatic hydroxyl groups is 1. The molecule has 3 nitrogen and oxygen atoms in total. The lowest BCUT2D eigenvalue weighted by molar-refractivity contribution is 0.180. The predicted octanol–water partition coefficient (Wildman–Crippen LogP) is -0.538. The Bertz CT molecular complexity index is 73.4. The summed E-state index contributed by atoms with van der Waals surface area (Å²) < 4.78 is 0. The molecule has 0 atom stereocenters. The normalized spacial score (nSPS) is 20.1. The van der Waals surface area contributed by atoms with Crippen LogP contribution in [0.1, 0.15) is 0 Å². The summed E-state index contributed by atoms with van der Waals surface area (Å²) in [5.74, 6) is 0. The van der Waals surface area contributed by atoms with Crippen LogP contribution in [0.15, 0.2) is 0 Å². The number of nitrogens with one attached hydrogen (secondary N) is 1. The van der Waals surface area contributed by atoms with Crippen LogP contribution in [0.4, 0.5) is 0 Å². The smallest absolute Gasteiger partial charge is 0.0558 e. The molecule has 0 radical (unpaired) electrons. The third-order valence-electron chi connectivity index (χ3n) is 1.63. The van der Waals surface area contributed by atoms with Crippen LogP contribution in [0, 0.1) is 0 Å². The molecule has 1 rings (SSSR count). The van der Waals surface area contributed by atoms with E-state index >= 15 is 0 Å². The Hall–Kier alpha value is 0.360. The zero-order chi connectivity index (χ0) is 6.53. The number of rotatable bonds is 2. The fraction of sp³-hybridized carbons (Fsp3) is 1.00. The zero-order valence-corrected chi connectivity index (χ0v) is 7.76. The maximum Gasteiger partial charge on any atom is 0.0558 e. The van der Waals surface area contributed by atoms with Gasteiger partial charge in [-0.05, 0) is 0 Å². The molecular weight excluding hydrogens is 196 g/mol. The SMILES string of the molecule is Br.OCCN1CCNCC1. The Kier molecular flexibility index (Phi) is 6.31. The highest BCUT2D eigenvalue weighted by Gasteiger charge is 2.06. The van der Waals surface area contributed by atoms with Crippen LogP contribution in [-0.4, -0.2) is 49.3 Å². The Morgan fingerprint density at radius 2 is 1.90 bits per heavy atom. The number of β-amino-alcohol motifs (C(OH)–C–C–N with tert-alkyl or cyclic N) is 1. The van der Waals surface area contributed by atoms with E-state index in [9.17, 15) is 0 Å². The molecule has 2 N–H and O–H groups in total. The number of halogens is 1. The summed E-state index contributed by atoms with van der Waals surface area (Å²) in [6, 6.07) is 0. The lowest BCUT2D eigenvalue weighted by atomic mass is 10.4. The van der Waals surface area contributed by atoms with Gasteiger partial charge in [-0.3, -0.25) is 4.90 Å².